The van der Waals surface area contributed by atoms with Crippen LogP contribution in [0, 0.1) is 0 Å². The molecule has 192 valence electrons. The topological polar surface area (TPSA) is 45.6 Å². The first-order chi connectivity index (χ1) is 18.7. The van der Waals surface area contributed by atoms with Crippen LogP contribution in [0.4, 0.5) is 5.69 Å². The van der Waals surface area contributed by atoms with Gasteiger partial charge in [-0.15, -0.1) is 0 Å². The van der Waals surface area contributed by atoms with Crippen molar-refractivity contribution < 1.29 is 9.59 Å². The van der Waals surface area contributed by atoms with Crippen LogP contribution >= 0.6 is 0 Å². The molecular weight excluding hydrogens is 470 g/mol. The molecule has 0 radical (unpaired) electrons. The molecule has 5 heteroatoms. The Hall–Kier alpha value is -4.12. The van der Waals surface area contributed by atoms with Crippen LogP contribution < -0.4 is 4.90 Å². The van der Waals surface area contributed by atoms with E-state index in [-0.39, 0.29) is 30.4 Å². The molecule has 0 saturated heterocycles. The first kappa shape index (κ1) is 24.2. The van der Waals surface area contributed by atoms with E-state index in [1.54, 1.807) is 4.90 Å². The Kier molecular flexibility index (Phi) is 6.59. The maximum atomic E-state index is 14.2. The Morgan fingerprint density at radius 1 is 0.842 bits per heavy atom. The normalized spacial score (nSPS) is 16.0. The van der Waals surface area contributed by atoms with E-state index in [0.29, 0.717) is 5.56 Å². The summed E-state index contributed by atoms with van der Waals surface area (Å²) in [5.74, 6) is -0.133. The van der Waals surface area contributed by atoms with Crippen molar-refractivity contribution in [2.24, 2.45) is 0 Å². The fraction of sp³-hybridized carbons (Fsp3) is 0.273. The fourth-order valence-corrected chi connectivity index (χ4v) is 5.55. The van der Waals surface area contributed by atoms with E-state index in [9.17, 15) is 9.59 Å². The lowest BCUT2D eigenvalue weighted by Crippen LogP contribution is -2.47. The van der Waals surface area contributed by atoms with Crippen LogP contribution in [0.1, 0.15) is 65.8 Å². The molecule has 1 aliphatic carbocycles. The van der Waals surface area contributed by atoms with Gasteiger partial charge in [-0.05, 0) is 73.2 Å². The molecule has 0 N–H and O–H groups in total. The number of hydrogen-bond acceptors (Lipinski definition) is 2. The zero-order chi connectivity index (χ0) is 26.1. The Morgan fingerprint density at radius 2 is 1.55 bits per heavy atom. The van der Waals surface area contributed by atoms with E-state index in [4.69, 9.17) is 0 Å². The molecule has 1 unspecified atom stereocenters. The Morgan fingerprint density at radius 3 is 2.26 bits per heavy atom. The summed E-state index contributed by atoms with van der Waals surface area (Å²) in [7, 11) is 0. The summed E-state index contributed by atoms with van der Waals surface area (Å²) in [6.45, 7) is 2.24. The predicted octanol–water partition coefficient (Wildman–Crippen LogP) is 6.56. The number of aromatic nitrogens is 1. The van der Waals surface area contributed by atoms with Crippen molar-refractivity contribution >= 4 is 17.5 Å². The zero-order valence-corrected chi connectivity index (χ0v) is 21.8. The van der Waals surface area contributed by atoms with Crippen molar-refractivity contribution in [1.82, 2.24) is 9.47 Å². The lowest BCUT2D eigenvalue weighted by atomic mass is 9.97. The van der Waals surface area contributed by atoms with Crippen LogP contribution in [0.5, 0.6) is 0 Å². The zero-order valence-electron chi connectivity index (χ0n) is 21.8. The highest BCUT2D eigenvalue weighted by Crippen LogP contribution is 2.42. The van der Waals surface area contributed by atoms with Gasteiger partial charge in [-0.3, -0.25) is 14.5 Å². The van der Waals surface area contributed by atoms with Crippen molar-refractivity contribution in [1.29, 1.82) is 0 Å². The van der Waals surface area contributed by atoms with Crippen LogP contribution in [0.25, 0.3) is 5.69 Å². The SMILES string of the molecule is CCCCc1ccc(C(=O)N(CC(=O)N2c3ccccc3-n3cccc3C2c2ccccc2)C2CC2)cc1. The lowest BCUT2D eigenvalue weighted by Gasteiger charge is -2.39. The first-order valence-corrected chi connectivity index (χ1v) is 13.7. The summed E-state index contributed by atoms with van der Waals surface area (Å²) in [4.78, 5) is 31.6. The van der Waals surface area contributed by atoms with E-state index in [1.807, 2.05) is 65.6 Å². The van der Waals surface area contributed by atoms with Crippen LogP contribution in [-0.2, 0) is 11.2 Å². The molecule has 1 saturated carbocycles. The third-order valence-electron chi connectivity index (χ3n) is 7.68. The molecule has 1 aliphatic heterocycles. The average molecular weight is 504 g/mol. The van der Waals surface area contributed by atoms with Gasteiger partial charge in [-0.2, -0.15) is 0 Å². The van der Waals surface area contributed by atoms with Gasteiger partial charge in [0.2, 0.25) is 5.91 Å². The number of benzene rings is 3. The number of rotatable bonds is 8. The monoisotopic (exact) mass is 503 g/mol. The maximum absolute atomic E-state index is 14.2. The number of aryl methyl sites for hydroxylation is 1. The number of para-hydroxylation sites is 2. The average Bonchev–Trinajstić information content (AvgIpc) is 3.69. The fourth-order valence-electron chi connectivity index (χ4n) is 5.55. The number of anilines is 1. The number of fused-ring (bicyclic) bond motifs is 3. The van der Waals surface area contributed by atoms with Crippen molar-refractivity contribution in [3.05, 3.63) is 120 Å². The molecule has 1 atom stereocenters. The molecule has 3 aromatic carbocycles. The summed E-state index contributed by atoms with van der Waals surface area (Å²) in [6.07, 6.45) is 7.24. The van der Waals surface area contributed by atoms with E-state index < -0.39 is 0 Å². The highest BCUT2D eigenvalue weighted by molar-refractivity contribution is 6.03. The van der Waals surface area contributed by atoms with Gasteiger partial charge in [0.1, 0.15) is 12.6 Å². The standard InChI is InChI=1S/C33H33N3O2/c1-2-3-10-24-16-18-26(19-17-24)33(38)35(27-20-21-27)23-31(37)36-29-14-8-7-13-28(29)34-22-9-15-30(34)32(36)25-11-5-4-6-12-25/h4-9,11-19,22,27,32H,2-3,10,20-21,23H2,1H3. The smallest absolute Gasteiger partial charge is 0.254 e. The van der Waals surface area contributed by atoms with Gasteiger partial charge in [0, 0.05) is 17.8 Å². The van der Waals surface area contributed by atoms with Crippen LogP contribution in [0.3, 0.4) is 0 Å². The largest absolute Gasteiger partial charge is 0.326 e. The number of hydrogen-bond donors (Lipinski definition) is 0. The Labute approximate surface area is 224 Å². The number of nitrogens with zero attached hydrogens (tertiary/aromatic N) is 3. The second-order valence-electron chi connectivity index (χ2n) is 10.3. The summed E-state index contributed by atoms with van der Waals surface area (Å²) < 4.78 is 2.17. The number of carbonyl (C=O) groups excluding carboxylic acids is 2. The molecule has 2 amide bonds. The molecule has 1 fully saturated rings. The Bertz CT molecular complexity index is 1440. The van der Waals surface area contributed by atoms with Crippen LogP contribution in [-0.4, -0.2) is 33.9 Å². The van der Waals surface area contributed by atoms with Gasteiger partial charge in [0.25, 0.3) is 5.91 Å². The van der Waals surface area contributed by atoms with Crippen molar-refractivity contribution in [2.75, 3.05) is 11.4 Å². The second kappa shape index (κ2) is 10.3. The van der Waals surface area contributed by atoms with E-state index in [0.717, 1.165) is 54.7 Å². The van der Waals surface area contributed by atoms with E-state index in [2.05, 4.69) is 48.0 Å². The number of amides is 2. The van der Waals surface area contributed by atoms with Gasteiger partial charge < -0.3 is 9.47 Å². The maximum Gasteiger partial charge on any atom is 0.254 e. The third kappa shape index (κ3) is 4.53. The predicted molar refractivity (Wildman–Crippen MR) is 151 cm³/mol. The van der Waals surface area contributed by atoms with Gasteiger partial charge in [-0.1, -0.05) is 67.9 Å². The molecule has 2 aliphatic rings. The molecule has 0 bridgehead atoms. The number of carbonyl (C=O) groups is 2. The minimum atomic E-state index is -0.275. The summed E-state index contributed by atoms with van der Waals surface area (Å²) >= 11 is 0. The molecule has 2 heterocycles. The number of unbranched alkanes of at least 4 members (excludes halogenated alkanes) is 1. The van der Waals surface area contributed by atoms with Crippen molar-refractivity contribution in [3.8, 4) is 5.69 Å². The lowest BCUT2D eigenvalue weighted by molar-refractivity contribution is -0.119. The molecule has 4 aromatic rings. The summed E-state index contributed by atoms with van der Waals surface area (Å²) in [6, 6.07) is 30.1. The minimum Gasteiger partial charge on any atom is -0.326 e. The molecule has 5 nitrogen and oxygen atoms in total. The Balaban J connectivity index is 1.33. The van der Waals surface area contributed by atoms with E-state index >= 15 is 0 Å². The van der Waals surface area contributed by atoms with Gasteiger partial charge in [0.05, 0.1) is 17.1 Å². The quantitative estimate of drug-likeness (QED) is 0.273. The van der Waals surface area contributed by atoms with Gasteiger partial charge in [0.15, 0.2) is 0 Å². The van der Waals surface area contributed by atoms with Crippen molar-refractivity contribution in [3.63, 3.8) is 0 Å². The molecule has 38 heavy (non-hydrogen) atoms. The molecular formula is C33H33N3O2. The highest BCUT2D eigenvalue weighted by Gasteiger charge is 2.40. The minimum absolute atomic E-state index is 0.0550. The third-order valence-corrected chi connectivity index (χ3v) is 7.68. The summed E-state index contributed by atoms with van der Waals surface area (Å²) in [5, 5.41) is 0. The highest BCUT2D eigenvalue weighted by atomic mass is 16.2. The molecule has 0 spiro atoms. The second-order valence-corrected chi connectivity index (χ2v) is 10.3. The van der Waals surface area contributed by atoms with E-state index in [1.165, 1.54) is 5.56 Å². The van der Waals surface area contributed by atoms with Crippen LogP contribution in [0.15, 0.2) is 97.2 Å². The molecule has 6 rings (SSSR count). The molecule has 1 aromatic heterocycles. The first-order valence-electron chi connectivity index (χ1n) is 13.7. The van der Waals surface area contributed by atoms with Gasteiger partial charge in [-0.25, -0.2) is 0 Å². The van der Waals surface area contributed by atoms with Crippen LogP contribution in [0.2, 0.25) is 0 Å². The summed E-state index contributed by atoms with van der Waals surface area (Å²) in [5.41, 5.74) is 5.81. The van der Waals surface area contributed by atoms with Crippen molar-refractivity contribution in [2.45, 2.75) is 51.1 Å². The van der Waals surface area contributed by atoms with Gasteiger partial charge >= 0.3 is 0 Å².